The van der Waals surface area contributed by atoms with Gasteiger partial charge in [0.15, 0.2) is 0 Å². The summed E-state index contributed by atoms with van der Waals surface area (Å²) in [5.74, 6) is 0. The third kappa shape index (κ3) is 3.28. The van der Waals surface area contributed by atoms with Crippen molar-refractivity contribution in [3.8, 4) is 0 Å². The first-order valence-electron chi connectivity index (χ1n) is 8.04. The van der Waals surface area contributed by atoms with Crippen molar-refractivity contribution >= 4 is 10.8 Å². The maximum atomic E-state index is 5.46. The van der Waals surface area contributed by atoms with E-state index in [1.54, 1.807) is 0 Å². The predicted molar refractivity (Wildman–Crippen MR) is 88.6 cm³/mol. The molecule has 2 heteroatoms. The molecule has 21 heavy (non-hydrogen) atoms. The molecule has 1 aliphatic rings. The van der Waals surface area contributed by atoms with E-state index >= 15 is 0 Å². The maximum absolute atomic E-state index is 5.46. The molecule has 0 radical (unpaired) electrons. The summed E-state index contributed by atoms with van der Waals surface area (Å²) in [6, 6.07) is 16.3. The largest absolute Gasteiger partial charge is 0.381 e. The van der Waals surface area contributed by atoms with Crippen LogP contribution in [0.4, 0.5) is 0 Å². The average Bonchev–Trinajstić information content (AvgIpc) is 2.55. The number of fused-ring (bicyclic) bond motifs is 1. The zero-order valence-electron chi connectivity index (χ0n) is 13.0. The quantitative estimate of drug-likeness (QED) is 0.895. The molecule has 3 rings (SSSR count). The molecule has 1 atom stereocenters. The van der Waals surface area contributed by atoms with Crippen LogP contribution >= 0.6 is 0 Å². The molecule has 0 saturated heterocycles. The van der Waals surface area contributed by atoms with E-state index in [2.05, 4.69) is 54.7 Å². The molecule has 2 aromatic carbocycles. The molecule has 1 saturated carbocycles. The standard InChI is InChI=1S/C19H25NO/c1-14(20-16-10-12-17(21-2)13-11-16)18-9-5-7-15-6-3-4-8-19(15)18/h3-9,14,16-17,20H,10-13H2,1-2H3. The van der Waals surface area contributed by atoms with Crippen LogP contribution in [-0.2, 0) is 4.74 Å². The first-order valence-corrected chi connectivity index (χ1v) is 8.04. The van der Waals surface area contributed by atoms with Crippen LogP contribution < -0.4 is 5.32 Å². The van der Waals surface area contributed by atoms with Gasteiger partial charge in [-0.15, -0.1) is 0 Å². The molecular weight excluding hydrogens is 258 g/mol. The van der Waals surface area contributed by atoms with Crippen LogP contribution in [0.5, 0.6) is 0 Å². The number of ether oxygens (including phenoxy) is 1. The Morgan fingerprint density at radius 2 is 1.71 bits per heavy atom. The lowest BCUT2D eigenvalue weighted by Gasteiger charge is -2.31. The highest BCUT2D eigenvalue weighted by molar-refractivity contribution is 5.86. The van der Waals surface area contributed by atoms with Crippen LogP contribution in [0.25, 0.3) is 10.8 Å². The SMILES string of the molecule is COC1CCC(NC(C)c2cccc3ccccc23)CC1. The minimum atomic E-state index is 0.389. The average molecular weight is 283 g/mol. The van der Waals surface area contributed by atoms with Gasteiger partial charge in [0, 0.05) is 19.2 Å². The summed E-state index contributed by atoms with van der Waals surface area (Å²) in [6.45, 7) is 2.28. The number of hydrogen-bond donors (Lipinski definition) is 1. The molecule has 0 bridgehead atoms. The fourth-order valence-corrected chi connectivity index (χ4v) is 3.54. The van der Waals surface area contributed by atoms with Crippen LogP contribution in [0.15, 0.2) is 42.5 Å². The van der Waals surface area contributed by atoms with Crippen molar-refractivity contribution in [3.63, 3.8) is 0 Å². The number of benzene rings is 2. The van der Waals surface area contributed by atoms with E-state index in [9.17, 15) is 0 Å². The molecule has 0 aliphatic heterocycles. The summed E-state index contributed by atoms with van der Waals surface area (Å²) in [7, 11) is 1.83. The Morgan fingerprint density at radius 1 is 1.00 bits per heavy atom. The molecule has 1 unspecified atom stereocenters. The lowest BCUT2D eigenvalue weighted by Crippen LogP contribution is -2.36. The molecule has 1 fully saturated rings. The summed E-state index contributed by atoms with van der Waals surface area (Å²) in [5.41, 5.74) is 1.40. The second-order valence-electron chi connectivity index (χ2n) is 6.17. The Morgan fingerprint density at radius 3 is 2.48 bits per heavy atom. The first-order chi connectivity index (χ1) is 10.3. The van der Waals surface area contributed by atoms with Crippen LogP contribution in [0.3, 0.4) is 0 Å². The summed E-state index contributed by atoms with van der Waals surface area (Å²) in [4.78, 5) is 0. The number of methoxy groups -OCH3 is 1. The molecule has 1 N–H and O–H groups in total. The highest BCUT2D eigenvalue weighted by Crippen LogP contribution is 2.27. The van der Waals surface area contributed by atoms with Crippen LogP contribution in [-0.4, -0.2) is 19.3 Å². The lowest BCUT2D eigenvalue weighted by atomic mass is 9.91. The first kappa shape index (κ1) is 14.6. The van der Waals surface area contributed by atoms with Crippen molar-refractivity contribution in [2.45, 2.75) is 50.8 Å². The van der Waals surface area contributed by atoms with Gasteiger partial charge in [-0.25, -0.2) is 0 Å². The second kappa shape index (κ2) is 6.59. The van der Waals surface area contributed by atoms with E-state index in [0.717, 1.165) is 0 Å². The molecule has 2 nitrogen and oxygen atoms in total. The molecule has 2 aromatic rings. The summed E-state index contributed by atoms with van der Waals surface area (Å²) in [6.07, 6.45) is 5.25. The van der Waals surface area contributed by atoms with E-state index in [1.165, 1.54) is 42.0 Å². The lowest BCUT2D eigenvalue weighted by molar-refractivity contribution is 0.0614. The van der Waals surface area contributed by atoms with Gasteiger partial charge in [-0.2, -0.15) is 0 Å². The highest BCUT2D eigenvalue weighted by Gasteiger charge is 2.22. The van der Waals surface area contributed by atoms with Gasteiger partial charge < -0.3 is 10.1 Å². The van der Waals surface area contributed by atoms with Gasteiger partial charge in [-0.3, -0.25) is 0 Å². The maximum Gasteiger partial charge on any atom is 0.0572 e. The van der Waals surface area contributed by atoms with Gasteiger partial charge in [0.25, 0.3) is 0 Å². The van der Waals surface area contributed by atoms with Crippen molar-refractivity contribution < 1.29 is 4.74 Å². The van der Waals surface area contributed by atoms with Gasteiger partial charge >= 0.3 is 0 Å². The molecule has 0 heterocycles. The third-order valence-electron chi connectivity index (χ3n) is 4.78. The monoisotopic (exact) mass is 283 g/mol. The normalized spacial score (nSPS) is 24.1. The molecular formula is C19H25NO. The Labute approximate surface area is 127 Å². The van der Waals surface area contributed by atoms with Crippen molar-refractivity contribution in [2.75, 3.05) is 7.11 Å². The van der Waals surface area contributed by atoms with Crippen molar-refractivity contribution in [3.05, 3.63) is 48.0 Å². The summed E-state index contributed by atoms with van der Waals surface area (Å²) in [5, 5.41) is 6.51. The van der Waals surface area contributed by atoms with Crippen LogP contribution in [0.1, 0.15) is 44.2 Å². The number of rotatable bonds is 4. The minimum Gasteiger partial charge on any atom is -0.381 e. The predicted octanol–water partition coefficient (Wildman–Crippen LogP) is 4.45. The highest BCUT2D eigenvalue weighted by atomic mass is 16.5. The van der Waals surface area contributed by atoms with Gasteiger partial charge in [0.2, 0.25) is 0 Å². The molecule has 0 amide bonds. The van der Waals surface area contributed by atoms with Gasteiger partial charge in [-0.1, -0.05) is 42.5 Å². The zero-order chi connectivity index (χ0) is 14.7. The van der Waals surface area contributed by atoms with E-state index in [-0.39, 0.29) is 0 Å². The Balaban J connectivity index is 1.71. The fourth-order valence-electron chi connectivity index (χ4n) is 3.54. The van der Waals surface area contributed by atoms with Crippen molar-refractivity contribution in [1.29, 1.82) is 0 Å². The number of nitrogens with one attached hydrogen (secondary N) is 1. The molecule has 0 aromatic heterocycles. The van der Waals surface area contributed by atoms with E-state index in [1.807, 2.05) is 7.11 Å². The fraction of sp³-hybridized carbons (Fsp3) is 0.474. The van der Waals surface area contributed by atoms with Crippen LogP contribution in [0.2, 0.25) is 0 Å². The minimum absolute atomic E-state index is 0.389. The summed E-state index contributed by atoms with van der Waals surface area (Å²) < 4.78 is 5.46. The van der Waals surface area contributed by atoms with E-state index < -0.39 is 0 Å². The number of hydrogen-bond acceptors (Lipinski definition) is 2. The Kier molecular flexibility index (Phi) is 4.57. The van der Waals surface area contributed by atoms with Crippen LogP contribution in [0, 0.1) is 0 Å². The van der Waals surface area contributed by atoms with Gasteiger partial charge in [0.05, 0.1) is 6.10 Å². The Hall–Kier alpha value is -1.38. The van der Waals surface area contributed by atoms with Gasteiger partial charge in [-0.05, 0) is 48.9 Å². The molecule has 1 aliphatic carbocycles. The topological polar surface area (TPSA) is 21.3 Å². The second-order valence-corrected chi connectivity index (χ2v) is 6.17. The smallest absolute Gasteiger partial charge is 0.0572 e. The summed E-state index contributed by atoms with van der Waals surface area (Å²) >= 11 is 0. The van der Waals surface area contributed by atoms with Crippen molar-refractivity contribution in [1.82, 2.24) is 5.32 Å². The van der Waals surface area contributed by atoms with Gasteiger partial charge in [0.1, 0.15) is 0 Å². The van der Waals surface area contributed by atoms with E-state index in [0.29, 0.717) is 18.2 Å². The molecule has 112 valence electrons. The zero-order valence-corrected chi connectivity index (χ0v) is 13.0. The Bertz CT molecular complexity index is 582. The van der Waals surface area contributed by atoms with Crippen molar-refractivity contribution in [2.24, 2.45) is 0 Å². The molecule has 0 spiro atoms. The third-order valence-corrected chi connectivity index (χ3v) is 4.78. The van der Waals surface area contributed by atoms with E-state index in [4.69, 9.17) is 4.74 Å².